The maximum absolute atomic E-state index is 5.94. The molecule has 17 heavy (non-hydrogen) atoms. The molecule has 0 aliphatic heterocycles. The Bertz CT molecular complexity index is 220. The molecule has 0 unspecified atom stereocenters. The van der Waals surface area contributed by atoms with Gasteiger partial charge in [0.15, 0.2) is 0 Å². The summed E-state index contributed by atoms with van der Waals surface area (Å²) in [5.74, 6) is 1.69. The lowest BCUT2D eigenvalue weighted by molar-refractivity contribution is -0.156. The van der Waals surface area contributed by atoms with E-state index >= 15 is 0 Å². The van der Waals surface area contributed by atoms with E-state index in [1.54, 1.807) is 0 Å². The van der Waals surface area contributed by atoms with E-state index in [-0.39, 0.29) is 5.60 Å². The summed E-state index contributed by atoms with van der Waals surface area (Å²) >= 11 is 0. The monoisotopic (exact) mass is 241 g/mol. The number of hydrogen-bond acceptors (Lipinski definition) is 3. The van der Waals surface area contributed by atoms with Gasteiger partial charge in [0.2, 0.25) is 0 Å². The molecular weight excluding hydrogens is 214 g/mol. The topological polar surface area (TPSA) is 44.5 Å². The Labute approximate surface area is 105 Å². The number of ether oxygens (including phenoxy) is 2. The van der Waals surface area contributed by atoms with Crippen LogP contribution in [0.5, 0.6) is 0 Å². The first-order valence-corrected chi connectivity index (χ1v) is 7.20. The van der Waals surface area contributed by atoms with Gasteiger partial charge >= 0.3 is 0 Å². The Hall–Kier alpha value is -0.120. The summed E-state index contributed by atoms with van der Waals surface area (Å²) in [5, 5.41) is 0. The van der Waals surface area contributed by atoms with Crippen molar-refractivity contribution in [3.8, 4) is 0 Å². The summed E-state index contributed by atoms with van der Waals surface area (Å²) in [6.45, 7) is 4.22. The van der Waals surface area contributed by atoms with Crippen molar-refractivity contribution in [2.45, 2.75) is 57.5 Å². The zero-order valence-electron chi connectivity index (χ0n) is 11.1. The van der Waals surface area contributed by atoms with Crippen LogP contribution in [0.15, 0.2) is 0 Å². The van der Waals surface area contributed by atoms with Gasteiger partial charge < -0.3 is 15.2 Å². The lowest BCUT2D eigenvalue weighted by atomic mass is 9.78. The van der Waals surface area contributed by atoms with Gasteiger partial charge in [0, 0.05) is 6.54 Å². The Morgan fingerprint density at radius 3 is 2.35 bits per heavy atom. The molecule has 0 aromatic rings. The van der Waals surface area contributed by atoms with E-state index in [4.69, 9.17) is 15.2 Å². The van der Waals surface area contributed by atoms with Crippen molar-refractivity contribution in [2.24, 2.45) is 17.6 Å². The standard InChI is InChI=1S/C14H27NO2/c1-2-12-5-7-14(10-15,8-6-12)17-11-16-9-13-3-4-13/h12-13H,2-11,15H2,1H3. The summed E-state index contributed by atoms with van der Waals surface area (Å²) in [5.41, 5.74) is 5.81. The van der Waals surface area contributed by atoms with Gasteiger partial charge in [-0.3, -0.25) is 0 Å². The third-order valence-corrected chi connectivity index (χ3v) is 4.46. The van der Waals surface area contributed by atoms with Crippen LogP contribution in [-0.2, 0) is 9.47 Å². The van der Waals surface area contributed by atoms with Crippen molar-refractivity contribution in [3.05, 3.63) is 0 Å². The van der Waals surface area contributed by atoms with E-state index in [0.29, 0.717) is 13.3 Å². The molecule has 2 saturated carbocycles. The zero-order chi connectivity index (χ0) is 12.1. The molecule has 0 atom stereocenters. The van der Waals surface area contributed by atoms with Crippen molar-refractivity contribution in [1.29, 1.82) is 0 Å². The second kappa shape index (κ2) is 6.17. The van der Waals surface area contributed by atoms with Crippen molar-refractivity contribution >= 4 is 0 Å². The van der Waals surface area contributed by atoms with Gasteiger partial charge in [-0.2, -0.15) is 0 Å². The molecule has 0 spiro atoms. The van der Waals surface area contributed by atoms with Crippen LogP contribution >= 0.6 is 0 Å². The average Bonchev–Trinajstić information content (AvgIpc) is 3.19. The Kier molecular flexibility index (Phi) is 4.83. The molecular formula is C14H27NO2. The lowest BCUT2D eigenvalue weighted by Gasteiger charge is -2.39. The first-order valence-electron chi connectivity index (χ1n) is 7.20. The second-order valence-corrected chi connectivity index (χ2v) is 5.82. The third kappa shape index (κ3) is 3.94. The van der Waals surface area contributed by atoms with Crippen molar-refractivity contribution < 1.29 is 9.47 Å². The highest BCUT2D eigenvalue weighted by Crippen LogP contribution is 2.36. The number of hydrogen-bond donors (Lipinski definition) is 1. The molecule has 2 rings (SSSR count). The molecule has 3 heteroatoms. The fourth-order valence-corrected chi connectivity index (χ4v) is 2.69. The zero-order valence-corrected chi connectivity index (χ0v) is 11.1. The Morgan fingerprint density at radius 1 is 1.12 bits per heavy atom. The fraction of sp³-hybridized carbons (Fsp3) is 1.00. The Morgan fingerprint density at radius 2 is 1.82 bits per heavy atom. The minimum atomic E-state index is -0.0881. The van der Waals surface area contributed by atoms with Gasteiger partial charge in [0.05, 0.1) is 12.2 Å². The second-order valence-electron chi connectivity index (χ2n) is 5.82. The van der Waals surface area contributed by atoms with E-state index in [1.165, 1.54) is 32.1 Å². The summed E-state index contributed by atoms with van der Waals surface area (Å²) < 4.78 is 11.5. The van der Waals surface area contributed by atoms with Gasteiger partial charge in [-0.25, -0.2) is 0 Å². The van der Waals surface area contributed by atoms with Crippen molar-refractivity contribution in [3.63, 3.8) is 0 Å². The normalized spacial score (nSPS) is 33.9. The molecule has 0 radical (unpaired) electrons. The molecule has 2 aliphatic rings. The van der Waals surface area contributed by atoms with Crippen LogP contribution in [0.1, 0.15) is 51.9 Å². The number of nitrogens with two attached hydrogens (primary N) is 1. The molecule has 0 bridgehead atoms. The van der Waals surface area contributed by atoms with Gasteiger partial charge in [-0.1, -0.05) is 13.3 Å². The largest absolute Gasteiger partial charge is 0.355 e. The Balaban J connectivity index is 1.67. The van der Waals surface area contributed by atoms with Crippen LogP contribution in [0.3, 0.4) is 0 Å². The quantitative estimate of drug-likeness (QED) is 0.550. The maximum atomic E-state index is 5.94. The van der Waals surface area contributed by atoms with Crippen molar-refractivity contribution in [2.75, 3.05) is 19.9 Å². The first kappa shape index (κ1) is 13.3. The predicted molar refractivity (Wildman–Crippen MR) is 68.7 cm³/mol. The molecule has 0 saturated heterocycles. The van der Waals surface area contributed by atoms with E-state index in [1.807, 2.05) is 0 Å². The summed E-state index contributed by atoms with van der Waals surface area (Å²) in [6, 6.07) is 0. The van der Waals surface area contributed by atoms with Crippen LogP contribution in [0, 0.1) is 11.8 Å². The molecule has 2 fully saturated rings. The van der Waals surface area contributed by atoms with Crippen LogP contribution < -0.4 is 5.73 Å². The highest BCUT2D eigenvalue weighted by molar-refractivity contribution is 4.87. The SMILES string of the molecule is CCC1CCC(CN)(OCOCC2CC2)CC1. The highest BCUT2D eigenvalue weighted by atomic mass is 16.7. The van der Waals surface area contributed by atoms with Gasteiger partial charge in [-0.15, -0.1) is 0 Å². The lowest BCUT2D eigenvalue weighted by Crippen LogP contribution is -2.44. The van der Waals surface area contributed by atoms with Gasteiger partial charge in [-0.05, 0) is 50.4 Å². The van der Waals surface area contributed by atoms with Gasteiger partial charge in [0.1, 0.15) is 6.79 Å². The van der Waals surface area contributed by atoms with E-state index in [0.717, 1.165) is 31.3 Å². The molecule has 0 amide bonds. The van der Waals surface area contributed by atoms with Crippen LogP contribution in [0.25, 0.3) is 0 Å². The summed E-state index contributed by atoms with van der Waals surface area (Å²) in [6.07, 6.45) is 8.69. The molecule has 100 valence electrons. The van der Waals surface area contributed by atoms with E-state index < -0.39 is 0 Å². The minimum absolute atomic E-state index is 0.0881. The fourth-order valence-electron chi connectivity index (χ4n) is 2.69. The smallest absolute Gasteiger partial charge is 0.147 e. The first-order chi connectivity index (χ1) is 8.28. The molecule has 3 nitrogen and oxygen atoms in total. The van der Waals surface area contributed by atoms with Crippen LogP contribution in [0.4, 0.5) is 0 Å². The minimum Gasteiger partial charge on any atom is -0.355 e. The number of rotatable bonds is 7. The van der Waals surface area contributed by atoms with E-state index in [9.17, 15) is 0 Å². The van der Waals surface area contributed by atoms with Gasteiger partial charge in [0.25, 0.3) is 0 Å². The molecule has 2 N–H and O–H groups in total. The third-order valence-electron chi connectivity index (χ3n) is 4.46. The summed E-state index contributed by atoms with van der Waals surface area (Å²) in [7, 11) is 0. The van der Waals surface area contributed by atoms with Crippen molar-refractivity contribution in [1.82, 2.24) is 0 Å². The van der Waals surface area contributed by atoms with E-state index in [2.05, 4.69) is 6.92 Å². The molecule has 0 aromatic carbocycles. The molecule has 0 aromatic heterocycles. The predicted octanol–water partition coefficient (Wildman–Crippen LogP) is 2.68. The molecule has 0 heterocycles. The summed E-state index contributed by atoms with van der Waals surface area (Å²) in [4.78, 5) is 0. The average molecular weight is 241 g/mol. The highest BCUT2D eigenvalue weighted by Gasteiger charge is 2.34. The van der Waals surface area contributed by atoms with Crippen LogP contribution in [-0.4, -0.2) is 25.5 Å². The maximum Gasteiger partial charge on any atom is 0.147 e. The molecule has 2 aliphatic carbocycles. The van der Waals surface area contributed by atoms with Crippen LogP contribution in [0.2, 0.25) is 0 Å².